The summed E-state index contributed by atoms with van der Waals surface area (Å²) >= 11 is 1.56. The van der Waals surface area contributed by atoms with E-state index < -0.39 is 0 Å². The highest BCUT2D eigenvalue weighted by Crippen LogP contribution is 2.26. The van der Waals surface area contributed by atoms with Crippen LogP contribution in [0.4, 0.5) is 0 Å². The molecule has 0 saturated heterocycles. The van der Waals surface area contributed by atoms with Gasteiger partial charge in [-0.1, -0.05) is 19.1 Å². The van der Waals surface area contributed by atoms with Gasteiger partial charge in [0.15, 0.2) is 0 Å². The van der Waals surface area contributed by atoms with Gasteiger partial charge in [-0.05, 0) is 50.5 Å². The van der Waals surface area contributed by atoms with Crippen LogP contribution in [0, 0.1) is 20.8 Å². The number of ether oxygens (including phenoxy) is 1. The number of carbonyl (C=O) groups excluding carboxylic acids is 1. The molecule has 0 aliphatic heterocycles. The Morgan fingerprint density at radius 2 is 1.88 bits per heavy atom. The molecule has 6 heteroatoms. The summed E-state index contributed by atoms with van der Waals surface area (Å²) in [6.07, 6.45) is 0.795. The van der Waals surface area contributed by atoms with Crippen LogP contribution >= 0.6 is 11.3 Å². The summed E-state index contributed by atoms with van der Waals surface area (Å²) in [7, 11) is 0. The summed E-state index contributed by atoms with van der Waals surface area (Å²) in [5.74, 6) is 0.370. The fraction of sp³-hybridized carbons (Fsp3) is 0.350. The Bertz CT molecular complexity index is 1020. The Morgan fingerprint density at radius 3 is 2.54 bits per heavy atom. The summed E-state index contributed by atoms with van der Waals surface area (Å²) < 4.78 is 6.82. The van der Waals surface area contributed by atoms with Crippen molar-refractivity contribution in [3.8, 4) is 0 Å². The van der Waals surface area contributed by atoms with E-state index in [4.69, 9.17) is 4.74 Å². The van der Waals surface area contributed by atoms with E-state index in [9.17, 15) is 9.59 Å². The Morgan fingerprint density at radius 1 is 1.19 bits per heavy atom. The number of hydrogen-bond acceptors (Lipinski definition) is 5. The number of nitrogens with zero attached hydrogens (tertiary/aromatic N) is 2. The average molecular weight is 370 g/mol. The molecular weight excluding hydrogens is 348 g/mol. The van der Waals surface area contributed by atoms with Gasteiger partial charge < -0.3 is 4.74 Å². The highest BCUT2D eigenvalue weighted by atomic mass is 32.1. The van der Waals surface area contributed by atoms with Crippen LogP contribution in [0.3, 0.4) is 0 Å². The Kier molecular flexibility index (Phi) is 5.23. The number of carbonyl (C=O) groups is 1. The monoisotopic (exact) mass is 370 g/mol. The predicted molar refractivity (Wildman–Crippen MR) is 104 cm³/mol. The molecule has 0 aliphatic carbocycles. The fourth-order valence-corrected chi connectivity index (χ4v) is 3.89. The number of fused-ring (bicyclic) bond motifs is 1. The first-order chi connectivity index (χ1) is 12.4. The molecule has 0 radical (unpaired) electrons. The number of benzene rings is 1. The number of thiophene rings is 1. The van der Waals surface area contributed by atoms with Crippen LogP contribution < -0.4 is 5.56 Å². The molecule has 26 heavy (non-hydrogen) atoms. The lowest BCUT2D eigenvalue weighted by atomic mass is 10.1. The van der Waals surface area contributed by atoms with Crippen LogP contribution in [-0.4, -0.2) is 22.1 Å². The first-order valence-corrected chi connectivity index (χ1v) is 9.47. The van der Waals surface area contributed by atoms with Crippen LogP contribution in [0.2, 0.25) is 0 Å². The SMILES string of the molecule is CCCOC(=O)c1ccc(Cn2c(C)nc3sc(C)c(C)c3c2=O)cc1. The molecule has 0 amide bonds. The maximum atomic E-state index is 12.9. The Hall–Kier alpha value is -2.47. The average Bonchev–Trinajstić information content (AvgIpc) is 2.91. The van der Waals surface area contributed by atoms with Crippen molar-refractivity contribution in [2.75, 3.05) is 6.61 Å². The topological polar surface area (TPSA) is 61.2 Å². The van der Waals surface area contributed by atoms with Gasteiger partial charge in [0.1, 0.15) is 10.7 Å². The molecule has 0 bridgehead atoms. The van der Waals surface area contributed by atoms with Crippen molar-refractivity contribution < 1.29 is 9.53 Å². The van der Waals surface area contributed by atoms with Gasteiger partial charge in [-0.25, -0.2) is 9.78 Å². The predicted octanol–water partition coefficient (Wildman–Crippen LogP) is 4.00. The molecule has 0 saturated carbocycles. The minimum Gasteiger partial charge on any atom is -0.462 e. The van der Waals surface area contributed by atoms with Gasteiger partial charge in [0, 0.05) is 4.88 Å². The van der Waals surface area contributed by atoms with E-state index in [1.54, 1.807) is 28.0 Å². The molecule has 2 heterocycles. The molecule has 3 rings (SSSR count). The molecule has 5 nitrogen and oxygen atoms in total. The highest BCUT2D eigenvalue weighted by Gasteiger charge is 2.15. The second-order valence-corrected chi connectivity index (χ2v) is 7.55. The van der Waals surface area contributed by atoms with E-state index in [0.717, 1.165) is 27.3 Å². The molecule has 0 fully saturated rings. The second kappa shape index (κ2) is 7.41. The quantitative estimate of drug-likeness (QED) is 0.637. The van der Waals surface area contributed by atoms with E-state index >= 15 is 0 Å². The number of rotatable bonds is 5. The third-order valence-electron chi connectivity index (χ3n) is 4.45. The minimum atomic E-state index is -0.320. The lowest BCUT2D eigenvalue weighted by Gasteiger charge is -2.10. The highest BCUT2D eigenvalue weighted by molar-refractivity contribution is 7.18. The first kappa shape index (κ1) is 18.3. The van der Waals surface area contributed by atoms with Crippen molar-refractivity contribution >= 4 is 27.5 Å². The Labute approximate surface area is 156 Å². The molecule has 0 unspecified atom stereocenters. The summed E-state index contributed by atoms with van der Waals surface area (Å²) in [5.41, 5.74) is 2.45. The van der Waals surface area contributed by atoms with Gasteiger partial charge in [-0.15, -0.1) is 11.3 Å². The lowest BCUT2D eigenvalue weighted by molar-refractivity contribution is 0.0505. The van der Waals surface area contributed by atoms with Crippen molar-refractivity contribution in [3.05, 3.63) is 62.0 Å². The zero-order chi connectivity index (χ0) is 18.8. The van der Waals surface area contributed by atoms with Crippen LogP contribution in [0.15, 0.2) is 29.1 Å². The van der Waals surface area contributed by atoms with Crippen LogP contribution in [0.1, 0.15) is 45.5 Å². The number of aromatic nitrogens is 2. The third-order valence-corrected chi connectivity index (χ3v) is 5.55. The summed E-state index contributed by atoms with van der Waals surface area (Å²) in [6.45, 7) is 8.62. The van der Waals surface area contributed by atoms with Gasteiger partial charge in [0.25, 0.3) is 5.56 Å². The normalized spacial score (nSPS) is 11.1. The van der Waals surface area contributed by atoms with Crippen molar-refractivity contribution in [2.24, 2.45) is 0 Å². The standard InChI is InChI=1S/C20H22N2O3S/c1-5-10-25-20(24)16-8-6-15(7-9-16)11-22-14(4)21-18-17(19(22)23)12(2)13(3)26-18/h6-9H,5,10-11H2,1-4H3. The molecule has 0 aliphatic rings. The number of esters is 1. The fourth-order valence-electron chi connectivity index (χ4n) is 2.82. The Balaban J connectivity index is 1.90. The second-order valence-electron chi connectivity index (χ2n) is 6.35. The summed E-state index contributed by atoms with van der Waals surface area (Å²) in [4.78, 5) is 31.3. The van der Waals surface area contributed by atoms with E-state index in [1.165, 1.54) is 0 Å². The van der Waals surface area contributed by atoms with Crippen molar-refractivity contribution in [1.29, 1.82) is 0 Å². The van der Waals surface area contributed by atoms with Crippen molar-refractivity contribution in [1.82, 2.24) is 9.55 Å². The molecule has 1 aromatic carbocycles. The van der Waals surface area contributed by atoms with E-state index in [0.29, 0.717) is 29.9 Å². The maximum Gasteiger partial charge on any atom is 0.338 e. The third kappa shape index (κ3) is 3.42. The van der Waals surface area contributed by atoms with Gasteiger partial charge >= 0.3 is 5.97 Å². The van der Waals surface area contributed by atoms with Gasteiger partial charge in [-0.3, -0.25) is 9.36 Å². The molecule has 0 N–H and O–H groups in total. The molecule has 3 aromatic rings. The van der Waals surface area contributed by atoms with Gasteiger partial charge in [0.2, 0.25) is 0 Å². The van der Waals surface area contributed by atoms with E-state index in [2.05, 4.69) is 4.98 Å². The first-order valence-electron chi connectivity index (χ1n) is 8.65. The van der Waals surface area contributed by atoms with E-state index in [-0.39, 0.29) is 11.5 Å². The van der Waals surface area contributed by atoms with Crippen molar-refractivity contribution in [3.63, 3.8) is 0 Å². The van der Waals surface area contributed by atoms with Gasteiger partial charge in [-0.2, -0.15) is 0 Å². The van der Waals surface area contributed by atoms with Crippen LogP contribution in [-0.2, 0) is 11.3 Å². The van der Waals surface area contributed by atoms with Crippen LogP contribution in [0.25, 0.3) is 10.2 Å². The van der Waals surface area contributed by atoms with Crippen LogP contribution in [0.5, 0.6) is 0 Å². The molecule has 0 spiro atoms. The van der Waals surface area contributed by atoms with Crippen molar-refractivity contribution in [2.45, 2.75) is 40.7 Å². The molecule has 0 atom stereocenters. The number of aryl methyl sites for hydroxylation is 3. The zero-order valence-corrected chi connectivity index (χ0v) is 16.3. The summed E-state index contributed by atoms with van der Waals surface area (Å²) in [6, 6.07) is 7.17. The molecular formula is C20H22N2O3S. The summed E-state index contributed by atoms with van der Waals surface area (Å²) in [5, 5.41) is 0.706. The smallest absolute Gasteiger partial charge is 0.338 e. The minimum absolute atomic E-state index is 0.0132. The lowest BCUT2D eigenvalue weighted by Crippen LogP contribution is -2.24. The zero-order valence-electron chi connectivity index (χ0n) is 15.5. The van der Waals surface area contributed by atoms with Gasteiger partial charge in [0.05, 0.1) is 24.1 Å². The maximum absolute atomic E-state index is 12.9. The number of hydrogen-bond donors (Lipinski definition) is 0. The molecule has 136 valence electrons. The van der Waals surface area contributed by atoms with E-state index in [1.807, 2.05) is 39.8 Å². The largest absolute Gasteiger partial charge is 0.462 e. The molecule has 2 aromatic heterocycles.